The average molecular weight is 416 g/mol. The van der Waals surface area contributed by atoms with E-state index in [-0.39, 0.29) is 11.7 Å². The fraction of sp³-hybridized carbons (Fsp3) is 0.600. The molecule has 1 fully saturated rings. The SMILES string of the molecule is COc1ccc2c(c1)CCC1C2CC[C@]2(C)C(OS(=O)(=O)C(F)(F)F)=CCC12. The minimum absolute atomic E-state index is 0.0335. The van der Waals surface area contributed by atoms with Gasteiger partial charge < -0.3 is 8.92 Å². The van der Waals surface area contributed by atoms with E-state index in [4.69, 9.17) is 4.74 Å². The van der Waals surface area contributed by atoms with Crippen molar-refractivity contribution in [3.63, 3.8) is 0 Å². The van der Waals surface area contributed by atoms with Gasteiger partial charge in [0.05, 0.1) is 7.11 Å². The number of allylic oxidation sites excluding steroid dienone is 2. The van der Waals surface area contributed by atoms with Gasteiger partial charge in [-0.2, -0.15) is 21.6 Å². The molecule has 0 heterocycles. The molecule has 0 aromatic heterocycles. The molecule has 4 nitrogen and oxygen atoms in total. The van der Waals surface area contributed by atoms with Gasteiger partial charge >= 0.3 is 15.6 Å². The highest BCUT2D eigenvalue weighted by Gasteiger charge is 2.56. The molecule has 0 radical (unpaired) electrons. The van der Waals surface area contributed by atoms with Crippen molar-refractivity contribution in [2.45, 2.75) is 50.5 Å². The zero-order valence-corrected chi connectivity index (χ0v) is 16.6. The summed E-state index contributed by atoms with van der Waals surface area (Å²) in [5, 5.41) is 0. The Morgan fingerprint density at radius 3 is 2.64 bits per heavy atom. The molecule has 3 aliphatic rings. The number of aryl methyl sites for hydroxylation is 1. The summed E-state index contributed by atoms with van der Waals surface area (Å²) in [6.07, 6.45) is 5.31. The van der Waals surface area contributed by atoms with Crippen LogP contribution in [0.5, 0.6) is 5.75 Å². The van der Waals surface area contributed by atoms with E-state index in [0.717, 1.165) is 25.0 Å². The molecular formula is C20H23F3O4S. The monoisotopic (exact) mass is 416 g/mol. The quantitative estimate of drug-likeness (QED) is 0.519. The molecule has 0 saturated heterocycles. The Hall–Kier alpha value is -1.70. The first-order chi connectivity index (χ1) is 13.1. The van der Waals surface area contributed by atoms with Gasteiger partial charge in [-0.15, -0.1) is 0 Å². The van der Waals surface area contributed by atoms with Gasteiger partial charge in [0.15, 0.2) is 0 Å². The molecule has 4 atom stereocenters. The van der Waals surface area contributed by atoms with Crippen LogP contribution in [0, 0.1) is 17.3 Å². The van der Waals surface area contributed by atoms with Crippen LogP contribution in [0.15, 0.2) is 30.0 Å². The Balaban J connectivity index is 1.60. The van der Waals surface area contributed by atoms with Crippen LogP contribution in [0.3, 0.4) is 0 Å². The smallest absolute Gasteiger partial charge is 0.497 e. The standard InChI is InChI=1S/C20H23F3O4S/c1-19-10-9-15-14-6-4-13(26-2)11-12(14)3-5-16(15)17(19)7-8-18(19)27-28(24,25)20(21,22)23/h4,6,8,11,15-17H,3,5,7,9-10H2,1-2H3/t15?,16?,17?,19-/m0/s1. The number of hydrogen-bond donors (Lipinski definition) is 0. The Morgan fingerprint density at radius 2 is 1.96 bits per heavy atom. The third-order valence-corrected chi connectivity index (χ3v) is 7.89. The lowest BCUT2D eigenvalue weighted by molar-refractivity contribution is -0.0544. The molecule has 0 spiro atoms. The van der Waals surface area contributed by atoms with Crippen molar-refractivity contribution in [1.82, 2.24) is 0 Å². The molecular weight excluding hydrogens is 393 g/mol. The maximum absolute atomic E-state index is 12.8. The summed E-state index contributed by atoms with van der Waals surface area (Å²) in [5.74, 6) is 1.51. The van der Waals surface area contributed by atoms with E-state index in [9.17, 15) is 21.6 Å². The second-order valence-corrected chi connectivity index (χ2v) is 9.76. The molecule has 1 aromatic carbocycles. The summed E-state index contributed by atoms with van der Waals surface area (Å²) in [6.45, 7) is 1.85. The van der Waals surface area contributed by atoms with Gasteiger partial charge in [-0.1, -0.05) is 13.0 Å². The first kappa shape index (κ1) is 19.6. The van der Waals surface area contributed by atoms with Gasteiger partial charge in [0.2, 0.25) is 0 Å². The summed E-state index contributed by atoms with van der Waals surface area (Å²) in [7, 11) is -4.00. The van der Waals surface area contributed by atoms with Crippen LogP contribution in [0.2, 0.25) is 0 Å². The maximum Gasteiger partial charge on any atom is 0.534 e. The second-order valence-electron chi connectivity index (χ2n) is 8.22. The summed E-state index contributed by atoms with van der Waals surface area (Å²) in [4.78, 5) is 0. The summed E-state index contributed by atoms with van der Waals surface area (Å²) in [6, 6.07) is 6.12. The first-order valence-electron chi connectivity index (χ1n) is 9.45. The van der Waals surface area contributed by atoms with Crippen LogP contribution in [-0.4, -0.2) is 21.0 Å². The first-order valence-corrected chi connectivity index (χ1v) is 10.9. The molecule has 0 amide bonds. The Morgan fingerprint density at radius 1 is 1.21 bits per heavy atom. The zero-order chi connectivity index (χ0) is 20.3. The van der Waals surface area contributed by atoms with Gasteiger partial charge in [0, 0.05) is 5.41 Å². The summed E-state index contributed by atoms with van der Waals surface area (Å²) >= 11 is 0. The molecule has 3 unspecified atom stereocenters. The number of hydrogen-bond acceptors (Lipinski definition) is 4. The second kappa shape index (κ2) is 6.40. The number of rotatable bonds is 3. The lowest BCUT2D eigenvalue weighted by Gasteiger charge is -2.49. The van der Waals surface area contributed by atoms with Crippen molar-refractivity contribution >= 4 is 10.1 Å². The molecule has 0 bridgehead atoms. The van der Waals surface area contributed by atoms with E-state index >= 15 is 0 Å². The molecule has 0 N–H and O–H groups in total. The van der Waals surface area contributed by atoms with E-state index in [1.54, 1.807) is 13.2 Å². The topological polar surface area (TPSA) is 52.6 Å². The highest BCUT2D eigenvalue weighted by atomic mass is 32.2. The third-order valence-electron chi connectivity index (χ3n) is 6.93. The number of fused-ring (bicyclic) bond motifs is 5. The summed E-state index contributed by atoms with van der Waals surface area (Å²) < 4.78 is 71.3. The number of halogens is 3. The van der Waals surface area contributed by atoms with Gasteiger partial charge in [-0.05, 0) is 79.2 Å². The van der Waals surface area contributed by atoms with Crippen LogP contribution >= 0.6 is 0 Å². The minimum Gasteiger partial charge on any atom is -0.497 e. The van der Waals surface area contributed by atoms with E-state index in [0.29, 0.717) is 24.7 Å². The number of alkyl halides is 3. The van der Waals surface area contributed by atoms with Crippen LogP contribution in [0.4, 0.5) is 13.2 Å². The molecule has 0 aliphatic heterocycles. The maximum atomic E-state index is 12.8. The normalized spacial score (nSPS) is 32.0. The van der Waals surface area contributed by atoms with Crippen LogP contribution < -0.4 is 4.74 Å². The van der Waals surface area contributed by atoms with Crippen molar-refractivity contribution in [2.24, 2.45) is 17.3 Å². The van der Waals surface area contributed by atoms with Crippen LogP contribution in [0.25, 0.3) is 0 Å². The Labute approximate surface area is 162 Å². The molecule has 4 rings (SSSR count). The lowest BCUT2D eigenvalue weighted by Crippen LogP contribution is -2.42. The van der Waals surface area contributed by atoms with Crippen molar-refractivity contribution in [1.29, 1.82) is 0 Å². The van der Waals surface area contributed by atoms with Crippen LogP contribution in [-0.2, 0) is 20.7 Å². The van der Waals surface area contributed by atoms with Crippen LogP contribution in [0.1, 0.15) is 49.7 Å². The molecule has 1 aromatic rings. The predicted molar refractivity (Wildman–Crippen MR) is 97.1 cm³/mol. The Bertz CT molecular complexity index is 922. The predicted octanol–water partition coefficient (Wildman–Crippen LogP) is 4.91. The van der Waals surface area contributed by atoms with E-state index < -0.39 is 21.0 Å². The largest absolute Gasteiger partial charge is 0.534 e. The number of methoxy groups -OCH3 is 1. The van der Waals surface area contributed by atoms with Gasteiger partial charge in [0.25, 0.3) is 0 Å². The van der Waals surface area contributed by atoms with E-state index in [1.165, 1.54) is 11.1 Å². The number of ether oxygens (including phenoxy) is 1. The van der Waals surface area contributed by atoms with Crippen molar-refractivity contribution in [2.75, 3.05) is 7.11 Å². The van der Waals surface area contributed by atoms with Crippen molar-refractivity contribution < 1.29 is 30.5 Å². The van der Waals surface area contributed by atoms with E-state index in [2.05, 4.69) is 16.3 Å². The van der Waals surface area contributed by atoms with Crippen molar-refractivity contribution in [3.8, 4) is 5.75 Å². The highest BCUT2D eigenvalue weighted by molar-refractivity contribution is 7.87. The fourth-order valence-corrected chi connectivity index (χ4v) is 6.10. The summed E-state index contributed by atoms with van der Waals surface area (Å²) in [5.41, 5.74) is -3.53. The highest BCUT2D eigenvalue weighted by Crippen LogP contribution is 2.61. The Kier molecular flexibility index (Phi) is 4.48. The van der Waals surface area contributed by atoms with Crippen molar-refractivity contribution in [3.05, 3.63) is 41.2 Å². The van der Waals surface area contributed by atoms with Gasteiger partial charge in [-0.3, -0.25) is 0 Å². The fourth-order valence-electron chi connectivity index (χ4n) is 5.51. The zero-order valence-electron chi connectivity index (χ0n) is 15.8. The minimum atomic E-state index is -5.64. The van der Waals surface area contributed by atoms with E-state index in [1.807, 2.05) is 13.0 Å². The van der Waals surface area contributed by atoms with Gasteiger partial charge in [-0.25, -0.2) is 0 Å². The molecule has 3 aliphatic carbocycles. The van der Waals surface area contributed by atoms with Gasteiger partial charge in [0.1, 0.15) is 11.5 Å². The lowest BCUT2D eigenvalue weighted by atomic mass is 9.55. The molecule has 1 saturated carbocycles. The third kappa shape index (κ3) is 2.91. The average Bonchev–Trinajstić information content (AvgIpc) is 2.96. The molecule has 154 valence electrons. The molecule has 8 heteroatoms. The number of benzene rings is 1. The molecule has 28 heavy (non-hydrogen) atoms.